The van der Waals surface area contributed by atoms with Crippen LogP contribution in [0.15, 0.2) is 24.3 Å². The molecule has 5 heteroatoms. The first kappa shape index (κ1) is 14.2. The van der Waals surface area contributed by atoms with Gasteiger partial charge in [-0.3, -0.25) is 9.59 Å². The molecule has 0 fully saturated rings. The Kier molecular flexibility index (Phi) is 5.32. The maximum atomic E-state index is 11.5. The SMILES string of the molecule is CC(C)OCc1ccc(C(=O)NCC(=O)O)cc1. The molecular weight excluding hydrogens is 234 g/mol. The average molecular weight is 251 g/mol. The van der Waals surface area contributed by atoms with Crippen molar-refractivity contribution in [1.29, 1.82) is 0 Å². The van der Waals surface area contributed by atoms with Gasteiger partial charge in [0.1, 0.15) is 6.54 Å². The second kappa shape index (κ2) is 6.76. The molecule has 1 aromatic carbocycles. The van der Waals surface area contributed by atoms with E-state index in [4.69, 9.17) is 9.84 Å². The number of benzene rings is 1. The van der Waals surface area contributed by atoms with Gasteiger partial charge in [-0.15, -0.1) is 0 Å². The van der Waals surface area contributed by atoms with Crippen LogP contribution in [0, 0.1) is 0 Å². The minimum absolute atomic E-state index is 0.156. The summed E-state index contributed by atoms with van der Waals surface area (Å²) in [5, 5.41) is 10.7. The molecule has 18 heavy (non-hydrogen) atoms. The van der Waals surface area contributed by atoms with Gasteiger partial charge in [-0.25, -0.2) is 0 Å². The number of carboxylic acid groups (broad SMARTS) is 1. The van der Waals surface area contributed by atoms with E-state index in [-0.39, 0.29) is 12.6 Å². The first-order chi connectivity index (χ1) is 8.49. The Bertz CT molecular complexity index is 412. The zero-order chi connectivity index (χ0) is 13.5. The molecule has 0 saturated carbocycles. The van der Waals surface area contributed by atoms with Crippen molar-refractivity contribution < 1.29 is 19.4 Å². The molecule has 0 radical (unpaired) electrons. The van der Waals surface area contributed by atoms with Crippen LogP contribution in [0.25, 0.3) is 0 Å². The summed E-state index contributed by atoms with van der Waals surface area (Å²) in [6.07, 6.45) is 0.156. The number of hydrogen-bond acceptors (Lipinski definition) is 3. The second-order valence-electron chi connectivity index (χ2n) is 4.13. The Balaban J connectivity index is 2.53. The minimum atomic E-state index is -1.06. The molecule has 0 aliphatic heterocycles. The molecule has 1 amide bonds. The highest BCUT2D eigenvalue weighted by molar-refractivity contribution is 5.95. The fraction of sp³-hybridized carbons (Fsp3) is 0.385. The zero-order valence-corrected chi connectivity index (χ0v) is 10.5. The number of carbonyl (C=O) groups excluding carboxylic acids is 1. The average Bonchev–Trinajstić information content (AvgIpc) is 2.34. The first-order valence-corrected chi connectivity index (χ1v) is 5.69. The second-order valence-corrected chi connectivity index (χ2v) is 4.13. The van der Waals surface area contributed by atoms with E-state index in [1.807, 2.05) is 13.8 Å². The van der Waals surface area contributed by atoms with Crippen molar-refractivity contribution in [3.63, 3.8) is 0 Å². The van der Waals surface area contributed by atoms with Crippen LogP contribution in [-0.2, 0) is 16.1 Å². The quantitative estimate of drug-likeness (QED) is 0.802. The van der Waals surface area contributed by atoms with Crippen molar-refractivity contribution in [2.75, 3.05) is 6.54 Å². The van der Waals surface area contributed by atoms with Crippen molar-refractivity contribution in [3.05, 3.63) is 35.4 Å². The molecule has 98 valence electrons. The Morgan fingerprint density at radius 1 is 1.28 bits per heavy atom. The van der Waals surface area contributed by atoms with E-state index < -0.39 is 11.9 Å². The number of amides is 1. The molecule has 0 heterocycles. The highest BCUT2D eigenvalue weighted by Gasteiger charge is 2.06. The summed E-state index contributed by atoms with van der Waals surface area (Å²) in [5.74, 6) is -1.46. The largest absolute Gasteiger partial charge is 0.480 e. The summed E-state index contributed by atoms with van der Waals surface area (Å²) in [5.41, 5.74) is 1.41. The van der Waals surface area contributed by atoms with E-state index in [0.29, 0.717) is 12.2 Å². The molecule has 0 spiro atoms. The third-order valence-corrected chi connectivity index (χ3v) is 2.20. The van der Waals surface area contributed by atoms with Gasteiger partial charge in [-0.2, -0.15) is 0 Å². The lowest BCUT2D eigenvalue weighted by Crippen LogP contribution is -2.29. The molecule has 2 N–H and O–H groups in total. The lowest BCUT2D eigenvalue weighted by Gasteiger charge is -2.08. The van der Waals surface area contributed by atoms with Gasteiger partial charge in [-0.05, 0) is 31.5 Å². The van der Waals surface area contributed by atoms with Crippen LogP contribution < -0.4 is 5.32 Å². The molecule has 0 aromatic heterocycles. The van der Waals surface area contributed by atoms with Crippen molar-refractivity contribution in [2.24, 2.45) is 0 Å². The lowest BCUT2D eigenvalue weighted by atomic mass is 10.1. The smallest absolute Gasteiger partial charge is 0.322 e. The number of carboxylic acids is 1. The van der Waals surface area contributed by atoms with Gasteiger partial charge >= 0.3 is 5.97 Å². The molecule has 1 aromatic rings. The van der Waals surface area contributed by atoms with Crippen molar-refractivity contribution in [3.8, 4) is 0 Å². The molecule has 0 unspecified atom stereocenters. The Labute approximate surface area is 106 Å². The number of hydrogen-bond donors (Lipinski definition) is 2. The molecule has 0 aliphatic carbocycles. The van der Waals surface area contributed by atoms with Crippen LogP contribution in [0.2, 0.25) is 0 Å². The topological polar surface area (TPSA) is 75.6 Å². The van der Waals surface area contributed by atoms with Crippen LogP contribution in [-0.4, -0.2) is 29.6 Å². The van der Waals surface area contributed by atoms with Crippen LogP contribution >= 0.6 is 0 Å². The third-order valence-electron chi connectivity index (χ3n) is 2.20. The van der Waals surface area contributed by atoms with Gasteiger partial charge in [0.15, 0.2) is 0 Å². The number of nitrogens with one attached hydrogen (secondary N) is 1. The van der Waals surface area contributed by atoms with E-state index in [1.54, 1.807) is 24.3 Å². The summed E-state index contributed by atoms with van der Waals surface area (Å²) in [6, 6.07) is 6.88. The van der Waals surface area contributed by atoms with E-state index in [1.165, 1.54) is 0 Å². The molecule has 0 aliphatic rings. The first-order valence-electron chi connectivity index (χ1n) is 5.69. The molecule has 0 atom stereocenters. The molecular formula is C13H17NO4. The lowest BCUT2D eigenvalue weighted by molar-refractivity contribution is -0.135. The van der Waals surface area contributed by atoms with Crippen LogP contribution in [0.3, 0.4) is 0 Å². The van der Waals surface area contributed by atoms with Gasteiger partial charge in [-0.1, -0.05) is 12.1 Å². The van der Waals surface area contributed by atoms with E-state index >= 15 is 0 Å². The molecule has 0 saturated heterocycles. The predicted octanol–water partition coefficient (Wildman–Crippen LogP) is 1.43. The molecule has 1 rings (SSSR count). The summed E-state index contributed by atoms with van der Waals surface area (Å²) >= 11 is 0. The Morgan fingerprint density at radius 3 is 2.39 bits per heavy atom. The minimum Gasteiger partial charge on any atom is -0.480 e. The van der Waals surface area contributed by atoms with E-state index in [0.717, 1.165) is 5.56 Å². The number of carbonyl (C=O) groups is 2. The summed E-state index contributed by atoms with van der Waals surface area (Å²) in [7, 11) is 0. The Morgan fingerprint density at radius 2 is 1.89 bits per heavy atom. The monoisotopic (exact) mass is 251 g/mol. The fourth-order valence-electron chi connectivity index (χ4n) is 1.27. The maximum absolute atomic E-state index is 11.5. The van der Waals surface area contributed by atoms with Crippen LogP contribution in [0.1, 0.15) is 29.8 Å². The van der Waals surface area contributed by atoms with Gasteiger partial charge < -0.3 is 15.2 Å². The van der Waals surface area contributed by atoms with Crippen molar-refractivity contribution >= 4 is 11.9 Å². The number of rotatable bonds is 6. The standard InChI is InChI=1S/C13H17NO4/c1-9(2)18-8-10-3-5-11(6-4-10)13(17)14-7-12(15)16/h3-6,9H,7-8H2,1-2H3,(H,14,17)(H,15,16). The number of ether oxygens (including phenoxy) is 1. The molecule has 0 bridgehead atoms. The molecule has 5 nitrogen and oxygen atoms in total. The predicted molar refractivity (Wildman–Crippen MR) is 66.3 cm³/mol. The van der Waals surface area contributed by atoms with Crippen LogP contribution in [0.4, 0.5) is 0 Å². The van der Waals surface area contributed by atoms with E-state index in [2.05, 4.69) is 5.32 Å². The van der Waals surface area contributed by atoms with Crippen LogP contribution in [0.5, 0.6) is 0 Å². The van der Waals surface area contributed by atoms with Gasteiger partial charge in [0.25, 0.3) is 5.91 Å². The van der Waals surface area contributed by atoms with Gasteiger partial charge in [0, 0.05) is 5.56 Å². The Hall–Kier alpha value is -1.88. The normalized spacial score (nSPS) is 10.4. The van der Waals surface area contributed by atoms with Gasteiger partial charge in [0.05, 0.1) is 12.7 Å². The summed E-state index contributed by atoms with van der Waals surface area (Å²) < 4.78 is 5.43. The van der Waals surface area contributed by atoms with Crippen molar-refractivity contribution in [1.82, 2.24) is 5.32 Å². The van der Waals surface area contributed by atoms with Crippen molar-refractivity contribution in [2.45, 2.75) is 26.6 Å². The summed E-state index contributed by atoms with van der Waals surface area (Å²) in [6.45, 7) is 4.02. The highest BCUT2D eigenvalue weighted by Crippen LogP contribution is 2.07. The maximum Gasteiger partial charge on any atom is 0.322 e. The zero-order valence-electron chi connectivity index (χ0n) is 10.5. The van der Waals surface area contributed by atoms with E-state index in [9.17, 15) is 9.59 Å². The third kappa shape index (κ3) is 4.97. The number of aliphatic carboxylic acids is 1. The van der Waals surface area contributed by atoms with Gasteiger partial charge in [0.2, 0.25) is 0 Å². The fourth-order valence-corrected chi connectivity index (χ4v) is 1.27. The summed E-state index contributed by atoms with van der Waals surface area (Å²) in [4.78, 5) is 21.8. The highest BCUT2D eigenvalue weighted by atomic mass is 16.5.